The van der Waals surface area contributed by atoms with Crippen LogP contribution < -0.4 is 4.89 Å². The monoisotopic (exact) mass is 389 g/mol. The number of aliphatic hydroxyl groups is 2. The average Bonchev–Trinajstić information content (AvgIpc) is 2.41. The number of phosphoric acid groups is 1. The van der Waals surface area contributed by atoms with E-state index in [-0.39, 0.29) is 18.8 Å². The fourth-order valence-electron chi connectivity index (χ4n) is 1.45. The summed E-state index contributed by atoms with van der Waals surface area (Å²) in [6.45, 7) is 0.942. The van der Waals surface area contributed by atoms with Crippen molar-refractivity contribution in [3.05, 3.63) is 0 Å². The fourth-order valence-corrected chi connectivity index (χ4v) is 1.81. The summed E-state index contributed by atoms with van der Waals surface area (Å²) in [6, 6.07) is 0. The minimum atomic E-state index is -4.75. The Hall–Kier alpha value is -1.07. The maximum Gasteiger partial charge on any atom is 0.307 e. The lowest BCUT2D eigenvalue weighted by Gasteiger charge is -2.28. The Labute approximate surface area is 146 Å². The lowest BCUT2D eigenvalue weighted by molar-refractivity contribution is -0.873. The first-order valence-corrected chi connectivity index (χ1v) is 8.88. The molecule has 0 radical (unpaired) electrons. The molecule has 0 fully saturated rings. The van der Waals surface area contributed by atoms with Crippen LogP contribution in [0.25, 0.3) is 0 Å². The highest BCUT2D eigenvalue weighted by molar-refractivity contribution is 7.44. The first kappa shape index (κ1) is 26.2. The van der Waals surface area contributed by atoms with Crippen LogP contribution in [0.4, 0.5) is 0 Å². The summed E-state index contributed by atoms with van der Waals surface area (Å²) in [6.07, 6.45) is -1.70. The van der Waals surface area contributed by atoms with Crippen molar-refractivity contribution in [3.63, 3.8) is 0 Å². The van der Waals surface area contributed by atoms with Crippen LogP contribution in [0.1, 0.15) is 19.8 Å². The molecule has 4 N–H and O–H groups in total. The molecule has 25 heavy (non-hydrogen) atoms. The number of likely N-dealkylation sites (N-methyl/N-ethyl adjacent to an activating group) is 1. The molecular weight excluding hydrogens is 361 g/mol. The van der Waals surface area contributed by atoms with Gasteiger partial charge < -0.3 is 38.9 Å². The van der Waals surface area contributed by atoms with Gasteiger partial charge in [-0.05, 0) is 0 Å². The molecule has 3 atom stereocenters. The Morgan fingerprint density at radius 1 is 1.28 bits per heavy atom. The van der Waals surface area contributed by atoms with Crippen LogP contribution in [0.5, 0.6) is 0 Å². The van der Waals surface area contributed by atoms with E-state index in [9.17, 15) is 19.0 Å². The van der Waals surface area contributed by atoms with Crippen LogP contribution in [0, 0.1) is 0 Å². The number of carboxylic acid groups (broad SMARTS) is 1. The highest BCUT2D eigenvalue weighted by atomic mass is 31.2. The number of aliphatic hydroxyl groups excluding tert-OH is 2. The molecule has 0 aromatic carbocycles. The molecule has 150 valence electrons. The lowest BCUT2D eigenvalue weighted by atomic mass is 10.2. The van der Waals surface area contributed by atoms with Crippen LogP contribution in [0.15, 0.2) is 0 Å². The minimum Gasteiger partial charge on any atom is -0.756 e. The van der Waals surface area contributed by atoms with E-state index in [1.165, 1.54) is 0 Å². The molecule has 0 aromatic rings. The molecule has 11 nitrogen and oxygen atoms in total. The van der Waals surface area contributed by atoms with Crippen molar-refractivity contribution in [1.82, 2.24) is 0 Å². The first-order chi connectivity index (χ1) is 11.2. The molecule has 0 spiro atoms. The Bertz CT molecular complexity index is 445. The number of carboxylic acids is 1. The lowest BCUT2D eigenvalue weighted by Crippen LogP contribution is -2.43. The third-order valence-corrected chi connectivity index (χ3v) is 2.86. The van der Waals surface area contributed by atoms with Gasteiger partial charge in [-0.3, -0.25) is 14.2 Å². The molecule has 0 rings (SSSR count). The Morgan fingerprint density at radius 2 is 1.80 bits per heavy atom. The topological polar surface area (TPSA) is 174 Å². The number of carbonyl (C=O) groups excluding carboxylic acids is 1. The zero-order valence-corrected chi connectivity index (χ0v) is 15.7. The standard InChI is InChI=1S/C10H19NO4.C3H9O6P/c1-5-10(14)15-8(6-9(12)13)7-11(2,3)4;4-1-3(5)2-9-10(6,7)8/h8H,5-7H2,1-4H3;3-5H,1-2H2,(H2,6,7,8)/t8-;/m1./s1. The molecule has 0 aliphatic carbocycles. The van der Waals surface area contributed by atoms with Gasteiger partial charge in [-0.2, -0.15) is 0 Å². The summed E-state index contributed by atoms with van der Waals surface area (Å²) in [4.78, 5) is 39.4. The molecular formula is C13H28NO10P. The van der Waals surface area contributed by atoms with E-state index < -0.39 is 39.2 Å². The number of esters is 1. The second kappa shape index (κ2) is 12.3. The van der Waals surface area contributed by atoms with Gasteiger partial charge in [0.2, 0.25) is 0 Å². The smallest absolute Gasteiger partial charge is 0.307 e. The van der Waals surface area contributed by atoms with E-state index in [0.29, 0.717) is 11.0 Å². The number of hydrogen-bond donors (Lipinski definition) is 4. The second-order valence-corrected chi connectivity index (χ2v) is 7.33. The maximum absolute atomic E-state index is 11.1. The van der Waals surface area contributed by atoms with Crippen molar-refractivity contribution in [1.29, 1.82) is 0 Å². The molecule has 0 amide bonds. The average molecular weight is 389 g/mol. The maximum atomic E-state index is 11.1. The Morgan fingerprint density at radius 3 is 2.12 bits per heavy atom. The molecule has 0 aliphatic heterocycles. The minimum absolute atomic E-state index is 0.138. The van der Waals surface area contributed by atoms with Crippen LogP contribution in [0.2, 0.25) is 0 Å². The summed E-state index contributed by atoms with van der Waals surface area (Å²) < 4.78 is 19.2. The molecule has 0 saturated carbocycles. The highest BCUT2D eigenvalue weighted by Gasteiger charge is 2.24. The van der Waals surface area contributed by atoms with E-state index in [0.717, 1.165) is 0 Å². The van der Waals surface area contributed by atoms with Crippen molar-refractivity contribution < 1.29 is 53.0 Å². The van der Waals surface area contributed by atoms with Gasteiger partial charge in [0.05, 0.1) is 40.8 Å². The van der Waals surface area contributed by atoms with Gasteiger partial charge in [-0.15, -0.1) is 0 Å². The molecule has 0 saturated heterocycles. The van der Waals surface area contributed by atoms with E-state index in [1.54, 1.807) is 6.92 Å². The van der Waals surface area contributed by atoms with Gasteiger partial charge in [0.1, 0.15) is 12.6 Å². The van der Waals surface area contributed by atoms with Gasteiger partial charge in [-0.1, -0.05) is 6.92 Å². The summed E-state index contributed by atoms with van der Waals surface area (Å²) in [5, 5.41) is 25.3. The number of nitrogens with zero attached hydrogens (tertiary/aromatic N) is 1. The number of quaternary nitrogens is 1. The van der Waals surface area contributed by atoms with Crippen molar-refractivity contribution in [2.24, 2.45) is 0 Å². The summed E-state index contributed by atoms with van der Waals surface area (Å²) in [7, 11) is 1.02. The van der Waals surface area contributed by atoms with Gasteiger partial charge >= 0.3 is 11.9 Å². The predicted molar refractivity (Wildman–Crippen MR) is 84.2 cm³/mol. The van der Waals surface area contributed by atoms with Gasteiger partial charge in [0, 0.05) is 6.42 Å². The van der Waals surface area contributed by atoms with Crippen LogP contribution in [0.3, 0.4) is 0 Å². The predicted octanol–water partition coefficient (Wildman–Crippen LogP) is -1.69. The zero-order valence-electron chi connectivity index (χ0n) is 14.8. The van der Waals surface area contributed by atoms with Gasteiger partial charge in [-0.25, -0.2) is 0 Å². The number of rotatable bonds is 10. The molecule has 0 aromatic heterocycles. The number of aliphatic carboxylic acids is 1. The number of hydrogen-bond acceptors (Lipinski definition) is 8. The molecule has 0 aliphatic rings. The molecule has 12 heteroatoms. The second-order valence-electron chi connectivity index (χ2n) is 6.14. The van der Waals surface area contributed by atoms with Crippen molar-refractivity contribution >= 4 is 19.8 Å². The zero-order chi connectivity index (χ0) is 20.3. The van der Waals surface area contributed by atoms with Gasteiger partial charge in [0.15, 0.2) is 6.10 Å². The van der Waals surface area contributed by atoms with Crippen molar-refractivity contribution in [2.75, 3.05) is 40.9 Å². The third-order valence-electron chi connectivity index (χ3n) is 2.38. The van der Waals surface area contributed by atoms with Gasteiger partial charge in [0.25, 0.3) is 7.82 Å². The number of ether oxygens (including phenoxy) is 1. The fraction of sp³-hybridized carbons (Fsp3) is 0.846. The van der Waals surface area contributed by atoms with Crippen LogP contribution in [-0.2, 0) is 23.4 Å². The van der Waals surface area contributed by atoms with Crippen molar-refractivity contribution in [3.8, 4) is 0 Å². The van der Waals surface area contributed by atoms with E-state index >= 15 is 0 Å². The largest absolute Gasteiger partial charge is 0.756 e. The molecule has 0 bridgehead atoms. The quantitative estimate of drug-likeness (QED) is 0.192. The molecule has 0 heterocycles. The highest BCUT2D eigenvalue weighted by Crippen LogP contribution is 2.29. The summed E-state index contributed by atoms with van der Waals surface area (Å²) in [5.41, 5.74) is 0. The molecule has 2 unspecified atom stereocenters. The van der Waals surface area contributed by atoms with E-state index in [2.05, 4.69) is 4.52 Å². The van der Waals surface area contributed by atoms with E-state index in [4.69, 9.17) is 24.9 Å². The van der Waals surface area contributed by atoms with Crippen molar-refractivity contribution in [2.45, 2.75) is 32.0 Å². The first-order valence-electron chi connectivity index (χ1n) is 7.39. The SMILES string of the molecule is CCC(=O)O[C@H](CC(=O)O)C[N+](C)(C)C.O=P([O-])(O)OCC(O)CO. The Balaban J connectivity index is 0. The van der Waals surface area contributed by atoms with Crippen LogP contribution in [-0.4, -0.2) is 89.7 Å². The third kappa shape index (κ3) is 20.9. The number of carbonyl (C=O) groups is 2. The number of phosphoric ester groups is 1. The summed E-state index contributed by atoms with van der Waals surface area (Å²) >= 11 is 0. The van der Waals surface area contributed by atoms with E-state index in [1.807, 2.05) is 21.1 Å². The summed E-state index contributed by atoms with van der Waals surface area (Å²) in [5.74, 6) is -1.30. The van der Waals surface area contributed by atoms with Crippen LogP contribution >= 0.6 is 7.82 Å². The normalized spacial score (nSPS) is 16.0. The Kier molecular flexibility index (Phi) is 12.9.